The van der Waals surface area contributed by atoms with Gasteiger partial charge in [0.2, 0.25) is 11.8 Å². The number of rotatable bonds is 4. The zero-order valence-electron chi connectivity index (χ0n) is 11.6. The number of nitrogens with one attached hydrogen (secondary N) is 2. The molecule has 1 heterocycles. The van der Waals surface area contributed by atoms with Crippen LogP contribution >= 0.6 is 0 Å². The van der Waals surface area contributed by atoms with Crippen LogP contribution in [-0.4, -0.2) is 31.5 Å². The minimum absolute atomic E-state index is 0.0872. The van der Waals surface area contributed by atoms with Gasteiger partial charge in [0.1, 0.15) is 11.8 Å². The molecule has 1 aromatic carbocycles. The largest absolute Gasteiger partial charge is 0.496 e. The van der Waals surface area contributed by atoms with Gasteiger partial charge >= 0.3 is 0 Å². The molecule has 5 heteroatoms. The second kappa shape index (κ2) is 6.93. The van der Waals surface area contributed by atoms with Gasteiger partial charge in [-0.05, 0) is 25.3 Å². The molecule has 5 nitrogen and oxygen atoms in total. The third-order valence-corrected chi connectivity index (χ3v) is 3.41. The van der Waals surface area contributed by atoms with Crippen LogP contribution in [-0.2, 0) is 16.0 Å². The van der Waals surface area contributed by atoms with E-state index in [0.29, 0.717) is 18.7 Å². The van der Waals surface area contributed by atoms with Crippen molar-refractivity contribution >= 4 is 11.8 Å². The second-order valence-corrected chi connectivity index (χ2v) is 4.90. The van der Waals surface area contributed by atoms with Crippen molar-refractivity contribution in [3.8, 4) is 5.75 Å². The quantitative estimate of drug-likeness (QED) is 0.863. The molecule has 1 aliphatic rings. The van der Waals surface area contributed by atoms with Crippen molar-refractivity contribution in [1.29, 1.82) is 0 Å². The normalized spacial score (nSPS) is 18.9. The first-order chi connectivity index (χ1) is 9.70. The summed E-state index contributed by atoms with van der Waals surface area (Å²) in [4.78, 5) is 23.8. The fourth-order valence-corrected chi connectivity index (χ4v) is 2.34. The van der Waals surface area contributed by atoms with E-state index in [0.717, 1.165) is 18.4 Å². The number of carbonyl (C=O) groups excluding carboxylic acids is 2. The molecular weight excluding hydrogens is 256 g/mol. The first-order valence-electron chi connectivity index (χ1n) is 6.89. The minimum atomic E-state index is -0.417. The molecule has 108 valence electrons. The molecule has 0 spiro atoms. The van der Waals surface area contributed by atoms with Gasteiger partial charge in [0.25, 0.3) is 0 Å². The Bertz CT molecular complexity index is 488. The Labute approximate surface area is 118 Å². The maximum absolute atomic E-state index is 12.1. The molecule has 1 atom stereocenters. The monoisotopic (exact) mass is 276 g/mol. The summed E-state index contributed by atoms with van der Waals surface area (Å²) in [6, 6.07) is 6.98. The zero-order valence-corrected chi connectivity index (χ0v) is 11.6. The zero-order chi connectivity index (χ0) is 14.4. The predicted octanol–water partition coefficient (Wildman–Crippen LogP) is 1.02. The Morgan fingerprint density at radius 1 is 1.40 bits per heavy atom. The summed E-state index contributed by atoms with van der Waals surface area (Å²) in [5.41, 5.74) is 0.821. The smallest absolute Gasteiger partial charge is 0.242 e. The van der Waals surface area contributed by atoms with Crippen molar-refractivity contribution < 1.29 is 14.3 Å². The van der Waals surface area contributed by atoms with Crippen molar-refractivity contribution in [3.63, 3.8) is 0 Å². The van der Waals surface area contributed by atoms with Crippen LogP contribution in [0.25, 0.3) is 0 Å². The maximum atomic E-state index is 12.1. The second-order valence-electron chi connectivity index (χ2n) is 4.90. The lowest BCUT2D eigenvalue weighted by Crippen LogP contribution is -2.46. The van der Waals surface area contributed by atoms with Gasteiger partial charge in [-0.25, -0.2) is 0 Å². The lowest BCUT2D eigenvalue weighted by molar-refractivity contribution is -0.128. The highest BCUT2D eigenvalue weighted by Gasteiger charge is 2.22. The van der Waals surface area contributed by atoms with Gasteiger partial charge < -0.3 is 15.4 Å². The number of para-hydroxylation sites is 1. The summed E-state index contributed by atoms with van der Waals surface area (Å²) in [6.45, 7) is 0.692. The number of methoxy groups -OCH3 is 1. The van der Waals surface area contributed by atoms with Crippen LogP contribution in [0.4, 0.5) is 0 Å². The highest BCUT2D eigenvalue weighted by molar-refractivity contribution is 5.88. The van der Waals surface area contributed by atoms with Crippen LogP contribution in [0.1, 0.15) is 24.8 Å². The van der Waals surface area contributed by atoms with E-state index in [1.54, 1.807) is 7.11 Å². The van der Waals surface area contributed by atoms with Crippen molar-refractivity contribution in [3.05, 3.63) is 29.8 Å². The van der Waals surface area contributed by atoms with Crippen molar-refractivity contribution in [2.75, 3.05) is 13.7 Å². The van der Waals surface area contributed by atoms with Gasteiger partial charge in [-0.1, -0.05) is 18.2 Å². The molecule has 1 aliphatic heterocycles. The third-order valence-electron chi connectivity index (χ3n) is 3.41. The molecule has 0 saturated carbocycles. The first kappa shape index (κ1) is 14.4. The molecule has 1 fully saturated rings. The number of benzene rings is 1. The average Bonchev–Trinajstić information content (AvgIpc) is 2.65. The van der Waals surface area contributed by atoms with E-state index in [1.807, 2.05) is 24.3 Å². The van der Waals surface area contributed by atoms with Crippen LogP contribution in [0, 0.1) is 0 Å². The Morgan fingerprint density at radius 2 is 2.20 bits per heavy atom. The van der Waals surface area contributed by atoms with E-state index in [4.69, 9.17) is 4.74 Å². The van der Waals surface area contributed by atoms with E-state index in [2.05, 4.69) is 10.6 Å². The fourth-order valence-electron chi connectivity index (χ4n) is 2.34. The molecule has 2 N–H and O–H groups in total. The highest BCUT2D eigenvalue weighted by Crippen LogP contribution is 2.17. The Kier molecular flexibility index (Phi) is 4.98. The summed E-state index contributed by atoms with van der Waals surface area (Å²) >= 11 is 0. The molecular formula is C15H20N2O3. The van der Waals surface area contributed by atoms with E-state index in [-0.39, 0.29) is 18.2 Å². The molecule has 20 heavy (non-hydrogen) atoms. The summed E-state index contributed by atoms with van der Waals surface area (Å²) < 4.78 is 5.22. The molecule has 0 bridgehead atoms. The Morgan fingerprint density at radius 3 is 3.00 bits per heavy atom. The van der Waals surface area contributed by atoms with Gasteiger partial charge in [-0.2, -0.15) is 0 Å². The van der Waals surface area contributed by atoms with Gasteiger partial charge in [0.15, 0.2) is 0 Å². The molecule has 0 aromatic heterocycles. The molecule has 0 radical (unpaired) electrons. The number of ether oxygens (including phenoxy) is 1. The van der Waals surface area contributed by atoms with Crippen LogP contribution in [0.15, 0.2) is 24.3 Å². The highest BCUT2D eigenvalue weighted by atomic mass is 16.5. The SMILES string of the molecule is COc1ccccc1CC(=O)N[C@@H]1CCCCNC1=O. The number of hydrogen-bond acceptors (Lipinski definition) is 3. The van der Waals surface area contributed by atoms with Crippen molar-refractivity contribution in [1.82, 2.24) is 10.6 Å². The molecule has 2 rings (SSSR count). The Balaban J connectivity index is 1.96. The van der Waals surface area contributed by atoms with E-state index in [9.17, 15) is 9.59 Å². The first-order valence-corrected chi connectivity index (χ1v) is 6.89. The summed E-state index contributed by atoms with van der Waals surface area (Å²) in [5.74, 6) is 0.445. The standard InChI is InChI=1S/C15H20N2O3/c1-20-13-8-3-2-6-11(13)10-14(18)17-12-7-4-5-9-16-15(12)19/h2-3,6,8,12H,4-5,7,9-10H2,1H3,(H,16,19)(H,17,18)/t12-/m1/s1. The van der Waals surface area contributed by atoms with Gasteiger partial charge in [-0.3, -0.25) is 9.59 Å². The molecule has 2 amide bonds. The minimum Gasteiger partial charge on any atom is -0.496 e. The lowest BCUT2D eigenvalue weighted by atomic mass is 10.1. The maximum Gasteiger partial charge on any atom is 0.242 e. The summed E-state index contributed by atoms with van der Waals surface area (Å²) in [7, 11) is 1.58. The third kappa shape index (κ3) is 3.73. The lowest BCUT2D eigenvalue weighted by Gasteiger charge is -2.15. The van der Waals surface area contributed by atoms with E-state index >= 15 is 0 Å². The molecule has 0 unspecified atom stereocenters. The van der Waals surface area contributed by atoms with Crippen LogP contribution < -0.4 is 15.4 Å². The summed E-state index contributed by atoms with van der Waals surface area (Å²) in [6.07, 6.45) is 2.82. The van der Waals surface area contributed by atoms with Crippen LogP contribution in [0.5, 0.6) is 5.75 Å². The summed E-state index contributed by atoms with van der Waals surface area (Å²) in [5, 5.41) is 5.61. The fraction of sp³-hybridized carbons (Fsp3) is 0.467. The average molecular weight is 276 g/mol. The van der Waals surface area contributed by atoms with Gasteiger partial charge in [0.05, 0.1) is 13.5 Å². The molecule has 1 aromatic rings. The van der Waals surface area contributed by atoms with Crippen LogP contribution in [0.2, 0.25) is 0 Å². The Hall–Kier alpha value is -2.04. The van der Waals surface area contributed by atoms with Crippen LogP contribution in [0.3, 0.4) is 0 Å². The number of carbonyl (C=O) groups is 2. The molecule has 1 saturated heterocycles. The topological polar surface area (TPSA) is 67.4 Å². The van der Waals surface area contributed by atoms with E-state index < -0.39 is 6.04 Å². The molecule has 0 aliphatic carbocycles. The van der Waals surface area contributed by atoms with E-state index in [1.165, 1.54) is 0 Å². The van der Waals surface area contributed by atoms with Crippen molar-refractivity contribution in [2.24, 2.45) is 0 Å². The van der Waals surface area contributed by atoms with Crippen molar-refractivity contribution in [2.45, 2.75) is 31.7 Å². The number of amides is 2. The number of hydrogen-bond donors (Lipinski definition) is 2. The van der Waals surface area contributed by atoms with Gasteiger partial charge in [-0.15, -0.1) is 0 Å². The predicted molar refractivity (Wildman–Crippen MR) is 75.5 cm³/mol. The van der Waals surface area contributed by atoms with Gasteiger partial charge in [0, 0.05) is 12.1 Å².